The molecule has 0 aliphatic rings. The minimum atomic E-state index is -0.461. The van der Waals surface area contributed by atoms with Gasteiger partial charge >= 0.3 is 5.69 Å². The number of hydrogen-bond donors (Lipinski definition) is 3. The lowest BCUT2D eigenvalue weighted by Crippen LogP contribution is -1.99. The number of hydrogen-bond acceptors (Lipinski definition) is 3. The standard InChI is InChI=1S/C18H13ClFN3O2/c19-13-7-10(1-4-14(13)20)17-6-3-12(25-17)9-21-11-2-5-15-16(8-11)23-18(24)22-15/h1-8,21H,9H2,(H2,22,23,24). The van der Waals surface area contributed by atoms with E-state index in [-0.39, 0.29) is 10.7 Å². The number of fused-ring (bicyclic) bond motifs is 1. The van der Waals surface area contributed by atoms with Crippen molar-refractivity contribution in [2.45, 2.75) is 6.54 Å². The van der Waals surface area contributed by atoms with Crippen LogP contribution in [0.3, 0.4) is 0 Å². The minimum absolute atomic E-state index is 0.0578. The van der Waals surface area contributed by atoms with Gasteiger partial charge in [-0.15, -0.1) is 0 Å². The van der Waals surface area contributed by atoms with Crippen molar-refractivity contribution in [3.8, 4) is 11.3 Å². The molecular formula is C18H13ClFN3O2. The lowest BCUT2D eigenvalue weighted by Gasteiger charge is -2.04. The molecule has 126 valence electrons. The molecule has 3 N–H and O–H groups in total. The van der Waals surface area contributed by atoms with E-state index in [2.05, 4.69) is 15.3 Å². The molecule has 2 heterocycles. The molecule has 4 rings (SSSR count). The molecule has 0 bridgehead atoms. The Balaban J connectivity index is 1.50. The molecule has 25 heavy (non-hydrogen) atoms. The van der Waals surface area contributed by atoms with E-state index in [1.54, 1.807) is 6.07 Å². The lowest BCUT2D eigenvalue weighted by atomic mass is 10.2. The van der Waals surface area contributed by atoms with E-state index in [9.17, 15) is 9.18 Å². The van der Waals surface area contributed by atoms with Crippen molar-refractivity contribution in [2.75, 3.05) is 5.32 Å². The Morgan fingerprint density at radius 1 is 1.04 bits per heavy atom. The maximum Gasteiger partial charge on any atom is 0.323 e. The van der Waals surface area contributed by atoms with Crippen LogP contribution in [0.4, 0.5) is 10.1 Å². The Morgan fingerprint density at radius 2 is 1.88 bits per heavy atom. The van der Waals surface area contributed by atoms with Crippen LogP contribution in [-0.2, 0) is 6.54 Å². The van der Waals surface area contributed by atoms with Crippen molar-refractivity contribution in [1.82, 2.24) is 9.97 Å². The summed E-state index contributed by atoms with van der Waals surface area (Å²) in [6.07, 6.45) is 0. The van der Waals surface area contributed by atoms with Crippen LogP contribution in [0.5, 0.6) is 0 Å². The number of imidazole rings is 1. The molecule has 0 radical (unpaired) electrons. The van der Waals surface area contributed by atoms with Crippen molar-refractivity contribution in [1.29, 1.82) is 0 Å². The van der Waals surface area contributed by atoms with Crippen molar-refractivity contribution < 1.29 is 8.81 Å². The second-order valence-corrected chi connectivity index (χ2v) is 6.00. The molecule has 2 aromatic carbocycles. The van der Waals surface area contributed by atoms with Gasteiger partial charge in [-0.2, -0.15) is 0 Å². The van der Waals surface area contributed by atoms with Gasteiger partial charge in [0.05, 0.1) is 22.6 Å². The van der Waals surface area contributed by atoms with Crippen LogP contribution >= 0.6 is 11.6 Å². The van der Waals surface area contributed by atoms with E-state index in [0.717, 1.165) is 22.5 Å². The van der Waals surface area contributed by atoms with Crippen molar-refractivity contribution in [3.63, 3.8) is 0 Å². The van der Waals surface area contributed by atoms with Crippen LogP contribution in [0.25, 0.3) is 22.4 Å². The van der Waals surface area contributed by atoms with Crippen LogP contribution in [-0.4, -0.2) is 9.97 Å². The maximum atomic E-state index is 13.2. The van der Waals surface area contributed by atoms with E-state index >= 15 is 0 Å². The van der Waals surface area contributed by atoms with Gasteiger partial charge in [0.15, 0.2) is 0 Å². The molecule has 5 nitrogen and oxygen atoms in total. The Kier molecular flexibility index (Phi) is 3.82. The molecule has 0 atom stereocenters. The van der Waals surface area contributed by atoms with E-state index in [1.165, 1.54) is 12.1 Å². The van der Waals surface area contributed by atoms with E-state index in [1.807, 2.05) is 30.3 Å². The number of furan rings is 1. The van der Waals surface area contributed by atoms with Crippen LogP contribution in [0.2, 0.25) is 5.02 Å². The second kappa shape index (κ2) is 6.14. The first-order chi connectivity index (χ1) is 12.1. The third-order valence-electron chi connectivity index (χ3n) is 3.85. The molecule has 2 aromatic heterocycles. The fourth-order valence-electron chi connectivity index (χ4n) is 2.61. The van der Waals surface area contributed by atoms with E-state index < -0.39 is 5.82 Å². The first kappa shape index (κ1) is 15.5. The normalized spacial score (nSPS) is 11.1. The van der Waals surface area contributed by atoms with Crippen LogP contribution in [0.15, 0.2) is 57.7 Å². The summed E-state index contributed by atoms with van der Waals surface area (Å²) in [5.41, 5.74) is 2.82. The number of nitrogens with one attached hydrogen (secondary N) is 3. The Labute approximate surface area is 146 Å². The smallest absolute Gasteiger partial charge is 0.323 e. The molecule has 0 unspecified atom stereocenters. The summed E-state index contributed by atoms with van der Waals surface area (Å²) in [6, 6.07) is 13.7. The van der Waals surface area contributed by atoms with Crippen molar-refractivity contribution in [3.05, 3.63) is 75.6 Å². The number of benzene rings is 2. The number of aromatic nitrogens is 2. The monoisotopic (exact) mass is 357 g/mol. The number of H-pyrrole nitrogens is 2. The number of halogens is 2. The zero-order chi connectivity index (χ0) is 17.4. The fourth-order valence-corrected chi connectivity index (χ4v) is 2.79. The van der Waals surface area contributed by atoms with Gasteiger partial charge in [0.25, 0.3) is 0 Å². The summed E-state index contributed by atoms with van der Waals surface area (Å²) < 4.78 is 19.0. The summed E-state index contributed by atoms with van der Waals surface area (Å²) in [5, 5.41) is 3.29. The summed E-state index contributed by atoms with van der Waals surface area (Å²) >= 11 is 5.80. The summed E-state index contributed by atoms with van der Waals surface area (Å²) in [5.74, 6) is 0.874. The molecule has 4 aromatic rings. The summed E-state index contributed by atoms with van der Waals surface area (Å²) in [6.45, 7) is 0.467. The van der Waals surface area contributed by atoms with Gasteiger partial charge in [-0.3, -0.25) is 0 Å². The predicted molar refractivity (Wildman–Crippen MR) is 95.4 cm³/mol. The van der Waals surface area contributed by atoms with Gasteiger partial charge in [-0.1, -0.05) is 11.6 Å². The Morgan fingerprint density at radius 3 is 2.72 bits per heavy atom. The highest BCUT2D eigenvalue weighted by atomic mass is 35.5. The molecule has 0 spiro atoms. The van der Waals surface area contributed by atoms with Crippen molar-refractivity contribution >= 4 is 28.3 Å². The molecule has 0 saturated heterocycles. The predicted octanol–water partition coefficient (Wildman–Crippen LogP) is 4.52. The van der Waals surface area contributed by atoms with Gasteiger partial charge in [0.2, 0.25) is 0 Å². The number of aromatic amines is 2. The largest absolute Gasteiger partial charge is 0.459 e. The molecular weight excluding hydrogens is 345 g/mol. The zero-order valence-corrected chi connectivity index (χ0v) is 13.7. The molecule has 0 fully saturated rings. The van der Waals surface area contributed by atoms with Gasteiger partial charge < -0.3 is 19.7 Å². The third-order valence-corrected chi connectivity index (χ3v) is 4.14. The van der Waals surface area contributed by atoms with E-state index in [0.29, 0.717) is 17.9 Å². The van der Waals surface area contributed by atoms with Crippen LogP contribution < -0.4 is 11.0 Å². The lowest BCUT2D eigenvalue weighted by molar-refractivity contribution is 0.531. The molecule has 0 aliphatic heterocycles. The van der Waals surface area contributed by atoms with Gasteiger partial charge in [0.1, 0.15) is 17.3 Å². The Bertz CT molecular complexity index is 1110. The maximum absolute atomic E-state index is 13.2. The van der Waals surface area contributed by atoms with Gasteiger partial charge in [-0.05, 0) is 48.5 Å². The first-order valence-electron chi connectivity index (χ1n) is 7.58. The highest BCUT2D eigenvalue weighted by molar-refractivity contribution is 6.31. The average molecular weight is 358 g/mol. The van der Waals surface area contributed by atoms with E-state index in [4.69, 9.17) is 16.0 Å². The molecule has 0 amide bonds. The topological polar surface area (TPSA) is 73.8 Å². The SMILES string of the molecule is O=c1[nH]c2ccc(NCc3ccc(-c4ccc(F)c(Cl)c4)o3)cc2[nH]1. The van der Waals surface area contributed by atoms with Crippen molar-refractivity contribution in [2.24, 2.45) is 0 Å². The van der Waals surface area contributed by atoms with Gasteiger partial charge in [0, 0.05) is 11.3 Å². The fraction of sp³-hybridized carbons (Fsp3) is 0.0556. The minimum Gasteiger partial charge on any atom is -0.459 e. The zero-order valence-electron chi connectivity index (χ0n) is 12.9. The second-order valence-electron chi connectivity index (χ2n) is 5.59. The third kappa shape index (κ3) is 3.16. The average Bonchev–Trinajstić information content (AvgIpc) is 3.20. The first-order valence-corrected chi connectivity index (χ1v) is 7.96. The highest BCUT2D eigenvalue weighted by Crippen LogP contribution is 2.27. The van der Waals surface area contributed by atoms with Gasteiger partial charge in [-0.25, -0.2) is 9.18 Å². The molecule has 7 heteroatoms. The number of anilines is 1. The molecule has 0 saturated carbocycles. The quantitative estimate of drug-likeness (QED) is 0.502. The Hall–Kier alpha value is -2.99. The number of rotatable bonds is 4. The summed E-state index contributed by atoms with van der Waals surface area (Å²) in [7, 11) is 0. The highest BCUT2D eigenvalue weighted by Gasteiger charge is 2.08. The molecule has 0 aliphatic carbocycles. The van der Waals surface area contributed by atoms with Crippen LogP contribution in [0.1, 0.15) is 5.76 Å². The summed E-state index contributed by atoms with van der Waals surface area (Å²) in [4.78, 5) is 16.7. The van der Waals surface area contributed by atoms with Crippen LogP contribution in [0, 0.1) is 5.82 Å².